The van der Waals surface area contributed by atoms with Gasteiger partial charge in [-0.15, -0.1) is 0 Å². The molecule has 2 aliphatic rings. The Bertz CT molecular complexity index is 218. The molecule has 1 heterocycles. The lowest BCUT2D eigenvalue weighted by Crippen LogP contribution is -2.53. The van der Waals surface area contributed by atoms with E-state index in [0.717, 1.165) is 18.1 Å². The van der Waals surface area contributed by atoms with Crippen molar-refractivity contribution < 1.29 is 4.79 Å². The molecule has 1 N–H and O–H groups in total. The summed E-state index contributed by atoms with van der Waals surface area (Å²) in [5, 5.41) is 3.09. The van der Waals surface area contributed by atoms with Crippen LogP contribution in [0.4, 0.5) is 4.79 Å². The number of urea groups is 1. The van der Waals surface area contributed by atoms with Crippen LogP contribution in [-0.4, -0.2) is 41.1 Å². The smallest absolute Gasteiger partial charge is 0.317 e. The first-order valence-corrected chi connectivity index (χ1v) is 6.57. The van der Waals surface area contributed by atoms with E-state index in [1.807, 2.05) is 16.7 Å². The minimum Gasteiger partial charge on any atom is -0.335 e. The first-order valence-electron chi connectivity index (χ1n) is 5.42. The summed E-state index contributed by atoms with van der Waals surface area (Å²) in [6, 6.07) is 1.01. The third-order valence-corrected chi connectivity index (χ3v) is 4.25. The van der Waals surface area contributed by atoms with Crippen molar-refractivity contribution in [2.45, 2.75) is 38.3 Å². The molecular formula is C10H18N2OS. The highest BCUT2D eigenvalue weighted by molar-refractivity contribution is 7.99. The maximum Gasteiger partial charge on any atom is 0.317 e. The lowest BCUT2D eigenvalue weighted by Gasteiger charge is -2.36. The molecule has 0 aromatic rings. The summed E-state index contributed by atoms with van der Waals surface area (Å²) in [6.45, 7) is 3.04. The molecule has 2 amide bonds. The van der Waals surface area contributed by atoms with Crippen LogP contribution in [0.2, 0.25) is 0 Å². The Morgan fingerprint density at radius 2 is 2.29 bits per heavy atom. The number of amides is 2. The quantitative estimate of drug-likeness (QED) is 0.720. The van der Waals surface area contributed by atoms with Crippen molar-refractivity contribution in [3.63, 3.8) is 0 Å². The zero-order valence-electron chi connectivity index (χ0n) is 8.66. The molecule has 1 atom stereocenters. The van der Waals surface area contributed by atoms with E-state index in [1.165, 1.54) is 19.3 Å². The molecule has 0 aromatic heterocycles. The van der Waals surface area contributed by atoms with Crippen LogP contribution >= 0.6 is 11.8 Å². The summed E-state index contributed by atoms with van der Waals surface area (Å²) in [7, 11) is 0. The van der Waals surface area contributed by atoms with Gasteiger partial charge in [0.2, 0.25) is 0 Å². The molecule has 3 nitrogen and oxygen atoms in total. The SMILES string of the molecule is CC1CSCCN1C(=O)NC1CCC1. The molecular weight excluding hydrogens is 196 g/mol. The summed E-state index contributed by atoms with van der Waals surface area (Å²) in [4.78, 5) is 13.8. The van der Waals surface area contributed by atoms with Gasteiger partial charge in [-0.1, -0.05) is 0 Å². The topological polar surface area (TPSA) is 32.3 Å². The third-order valence-electron chi connectivity index (χ3n) is 3.06. The zero-order chi connectivity index (χ0) is 9.97. The van der Waals surface area contributed by atoms with E-state index in [2.05, 4.69) is 12.2 Å². The molecule has 1 aliphatic heterocycles. The largest absolute Gasteiger partial charge is 0.335 e. The van der Waals surface area contributed by atoms with Crippen molar-refractivity contribution in [1.29, 1.82) is 0 Å². The van der Waals surface area contributed by atoms with E-state index in [-0.39, 0.29) is 6.03 Å². The second kappa shape index (κ2) is 4.43. The van der Waals surface area contributed by atoms with E-state index in [1.54, 1.807) is 0 Å². The van der Waals surface area contributed by atoms with Crippen LogP contribution < -0.4 is 5.32 Å². The molecule has 1 saturated heterocycles. The van der Waals surface area contributed by atoms with E-state index in [4.69, 9.17) is 0 Å². The highest BCUT2D eigenvalue weighted by Crippen LogP contribution is 2.20. The van der Waals surface area contributed by atoms with Gasteiger partial charge >= 0.3 is 6.03 Å². The fourth-order valence-corrected chi connectivity index (χ4v) is 2.85. The van der Waals surface area contributed by atoms with Crippen molar-refractivity contribution in [1.82, 2.24) is 10.2 Å². The van der Waals surface area contributed by atoms with Crippen molar-refractivity contribution in [2.75, 3.05) is 18.1 Å². The number of rotatable bonds is 1. The molecule has 14 heavy (non-hydrogen) atoms. The van der Waals surface area contributed by atoms with E-state index >= 15 is 0 Å². The van der Waals surface area contributed by atoms with Gasteiger partial charge in [-0.05, 0) is 26.2 Å². The second-order valence-electron chi connectivity index (χ2n) is 4.19. The number of hydrogen-bond acceptors (Lipinski definition) is 2. The predicted molar refractivity (Wildman–Crippen MR) is 59.7 cm³/mol. The molecule has 1 unspecified atom stereocenters. The minimum atomic E-state index is 0.155. The van der Waals surface area contributed by atoms with Crippen LogP contribution in [0.15, 0.2) is 0 Å². The van der Waals surface area contributed by atoms with E-state index < -0.39 is 0 Å². The molecule has 4 heteroatoms. The number of carbonyl (C=O) groups is 1. The Labute approximate surface area is 89.6 Å². The fourth-order valence-electron chi connectivity index (χ4n) is 1.84. The van der Waals surface area contributed by atoms with Crippen molar-refractivity contribution >= 4 is 17.8 Å². The molecule has 0 aromatic carbocycles. The molecule has 2 fully saturated rings. The van der Waals surface area contributed by atoms with Crippen LogP contribution in [0.1, 0.15) is 26.2 Å². The standard InChI is InChI=1S/C10H18N2OS/c1-8-7-14-6-5-12(8)10(13)11-9-3-2-4-9/h8-9H,2-7H2,1H3,(H,11,13). The molecule has 0 spiro atoms. The Morgan fingerprint density at radius 1 is 1.50 bits per heavy atom. The average molecular weight is 214 g/mol. The average Bonchev–Trinajstić information content (AvgIpc) is 2.12. The first-order chi connectivity index (χ1) is 6.77. The normalized spacial score (nSPS) is 28.4. The van der Waals surface area contributed by atoms with Crippen molar-refractivity contribution in [3.05, 3.63) is 0 Å². The van der Waals surface area contributed by atoms with Gasteiger partial charge in [0.25, 0.3) is 0 Å². The fraction of sp³-hybridized carbons (Fsp3) is 0.900. The molecule has 80 valence electrons. The van der Waals surface area contributed by atoms with Gasteiger partial charge in [0.05, 0.1) is 0 Å². The number of hydrogen-bond donors (Lipinski definition) is 1. The van der Waals surface area contributed by atoms with Gasteiger partial charge in [0.15, 0.2) is 0 Å². The van der Waals surface area contributed by atoms with Crippen LogP contribution in [0.3, 0.4) is 0 Å². The van der Waals surface area contributed by atoms with Gasteiger partial charge < -0.3 is 10.2 Å². The third kappa shape index (κ3) is 2.16. The van der Waals surface area contributed by atoms with Crippen LogP contribution in [0.25, 0.3) is 0 Å². The van der Waals surface area contributed by atoms with E-state index in [0.29, 0.717) is 12.1 Å². The van der Waals surface area contributed by atoms with Gasteiger partial charge in [-0.25, -0.2) is 4.79 Å². The molecule has 2 rings (SSSR count). The Balaban J connectivity index is 1.82. The maximum atomic E-state index is 11.8. The second-order valence-corrected chi connectivity index (χ2v) is 5.34. The van der Waals surface area contributed by atoms with E-state index in [9.17, 15) is 4.79 Å². The summed E-state index contributed by atoms with van der Waals surface area (Å²) in [6.07, 6.45) is 3.61. The highest BCUT2D eigenvalue weighted by atomic mass is 32.2. The summed E-state index contributed by atoms with van der Waals surface area (Å²) < 4.78 is 0. The Kier molecular flexibility index (Phi) is 3.21. The predicted octanol–water partition coefficient (Wildman–Crippen LogP) is 1.69. The highest BCUT2D eigenvalue weighted by Gasteiger charge is 2.26. The van der Waals surface area contributed by atoms with Gasteiger partial charge in [-0.3, -0.25) is 0 Å². The zero-order valence-corrected chi connectivity index (χ0v) is 9.48. The summed E-state index contributed by atoms with van der Waals surface area (Å²) >= 11 is 1.94. The van der Waals surface area contributed by atoms with Gasteiger partial charge in [0.1, 0.15) is 0 Å². The maximum absolute atomic E-state index is 11.8. The monoisotopic (exact) mass is 214 g/mol. The Morgan fingerprint density at radius 3 is 2.86 bits per heavy atom. The number of nitrogens with one attached hydrogen (secondary N) is 1. The minimum absolute atomic E-state index is 0.155. The van der Waals surface area contributed by atoms with Crippen molar-refractivity contribution in [2.24, 2.45) is 0 Å². The van der Waals surface area contributed by atoms with Crippen LogP contribution in [0, 0.1) is 0 Å². The molecule has 0 radical (unpaired) electrons. The first kappa shape index (κ1) is 10.1. The lowest BCUT2D eigenvalue weighted by atomic mass is 9.93. The summed E-state index contributed by atoms with van der Waals surface area (Å²) in [5.41, 5.74) is 0. The van der Waals surface area contributed by atoms with Gasteiger partial charge in [-0.2, -0.15) is 11.8 Å². The van der Waals surface area contributed by atoms with Crippen LogP contribution in [0.5, 0.6) is 0 Å². The van der Waals surface area contributed by atoms with Gasteiger partial charge in [0, 0.05) is 30.1 Å². The molecule has 1 aliphatic carbocycles. The molecule has 0 bridgehead atoms. The number of nitrogens with zero attached hydrogens (tertiary/aromatic N) is 1. The van der Waals surface area contributed by atoms with Crippen LogP contribution in [-0.2, 0) is 0 Å². The Hall–Kier alpha value is -0.380. The number of thioether (sulfide) groups is 1. The summed E-state index contributed by atoms with van der Waals surface area (Å²) in [5.74, 6) is 2.17. The van der Waals surface area contributed by atoms with Crippen molar-refractivity contribution in [3.8, 4) is 0 Å². The number of carbonyl (C=O) groups excluding carboxylic acids is 1. The lowest BCUT2D eigenvalue weighted by molar-refractivity contribution is 0.175. The molecule has 1 saturated carbocycles.